The first-order chi connectivity index (χ1) is 12.3. The number of ether oxygens (including phenoxy) is 4. The van der Waals surface area contributed by atoms with Crippen molar-refractivity contribution < 1.29 is 23.7 Å². The molecule has 1 amide bonds. The lowest BCUT2D eigenvalue weighted by Gasteiger charge is -2.26. The minimum Gasteiger partial charge on any atom is -0.454 e. The van der Waals surface area contributed by atoms with E-state index < -0.39 is 0 Å². The van der Waals surface area contributed by atoms with Crippen molar-refractivity contribution in [3.63, 3.8) is 0 Å². The molecular formula is C18H23NO5S. The summed E-state index contributed by atoms with van der Waals surface area (Å²) < 4.78 is 21.8. The summed E-state index contributed by atoms with van der Waals surface area (Å²) >= 11 is 1.88. The van der Waals surface area contributed by atoms with E-state index >= 15 is 0 Å². The Morgan fingerprint density at radius 3 is 2.84 bits per heavy atom. The number of benzene rings is 1. The standard InChI is InChI=1S/C18H23NO5S/c20-18(24-14-4-8-21-9-5-14)19-6-3-17(25-10-7-19)13-1-2-15-16(11-13)23-12-22-15/h1-2,11,14,17H,3-10,12H2. The Morgan fingerprint density at radius 1 is 1.12 bits per heavy atom. The molecule has 3 heterocycles. The number of fused-ring (bicyclic) bond motifs is 1. The molecule has 0 aliphatic carbocycles. The van der Waals surface area contributed by atoms with Crippen LogP contribution in [0.4, 0.5) is 4.79 Å². The first-order valence-corrected chi connectivity index (χ1v) is 9.89. The predicted octanol–water partition coefficient (Wildman–Crippen LogP) is 3.21. The zero-order valence-electron chi connectivity index (χ0n) is 14.1. The molecular weight excluding hydrogens is 342 g/mol. The normalized spacial score (nSPS) is 24.0. The maximum absolute atomic E-state index is 12.4. The molecule has 2 fully saturated rings. The van der Waals surface area contributed by atoms with Crippen LogP contribution in [0.2, 0.25) is 0 Å². The fourth-order valence-electron chi connectivity index (χ4n) is 3.34. The molecule has 0 bridgehead atoms. The molecule has 4 rings (SSSR count). The summed E-state index contributed by atoms with van der Waals surface area (Å²) in [4.78, 5) is 14.3. The van der Waals surface area contributed by atoms with Crippen LogP contribution in [0, 0.1) is 0 Å². The number of thioether (sulfide) groups is 1. The predicted molar refractivity (Wildman–Crippen MR) is 94.3 cm³/mol. The van der Waals surface area contributed by atoms with Crippen LogP contribution in [0.1, 0.15) is 30.1 Å². The number of hydrogen-bond acceptors (Lipinski definition) is 6. The maximum Gasteiger partial charge on any atom is 0.410 e. The van der Waals surface area contributed by atoms with E-state index in [4.69, 9.17) is 18.9 Å². The van der Waals surface area contributed by atoms with E-state index in [0.717, 1.165) is 43.1 Å². The van der Waals surface area contributed by atoms with Crippen molar-refractivity contribution in [1.82, 2.24) is 4.90 Å². The van der Waals surface area contributed by atoms with Crippen LogP contribution in [0.15, 0.2) is 18.2 Å². The van der Waals surface area contributed by atoms with E-state index in [0.29, 0.717) is 31.8 Å². The fourth-order valence-corrected chi connectivity index (χ4v) is 4.56. The van der Waals surface area contributed by atoms with E-state index in [2.05, 4.69) is 12.1 Å². The molecule has 1 aromatic carbocycles. The second-order valence-corrected chi connectivity index (χ2v) is 7.75. The summed E-state index contributed by atoms with van der Waals surface area (Å²) in [5, 5.41) is 0.357. The summed E-state index contributed by atoms with van der Waals surface area (Å²) in [5.41, 5.74) is 1.23. The average molecular weight is 365 g/mol. The lowest BCUT2D eigenvalue weighted by atomic mass is 10.1. The van der Waals surface area contributed by atoms with Crippen LogP contribution < -0.4 is 9.47 Å². The van der Waals surface area contributed by atoms with Gasteiger partial charge in [-0.25, -0.2) is 4.79 Å². The van der Waals surface area contributed by atoms with Gasteiger partial charge >= 0.3 is 6.09 Å². The molecule has 0 aromatic heterocycles. The van der Waals surface area contributed by atoms with E-state index in [1.54, 1.807) is 0 Å². The first-order valence-electron chi connectivity index (χ1n) is 8.84. The number of rotatable bonds is 2. The molecule has 25 heavy (non-hydrogen) atoms. The third-order valence-corrected chi connectivity index (χ3v) is 6.13. The van der Waals surface area contributed by atoms with E-state index in [1.807, 2.05) is 22.7 Å². The molecule has 2 saturated heterocycles. The fraction of sp³-hybridized carbons (Fsp3) is 0.611. The highest BCUT2D eigenvalue weighted by Gasteiger charge is 2.26. The molecule has 7 heteroatoms. The van der Waals surface area contributed by atoms with Gasteiger partial charge < -0.3 is 23.8 Å². The van der Waals surface area contributed by atoms with Gasteiger partial charge in [-0.15, -0.1) is 0 Å². The Labute approximate surface area is 151 Å². The number of hydrogen-bond donors (Lipinski definition) is 0. The van der Waals surface area contributed by atoms with Crippen LogP contribution in [0.3, 0.4) is 0 Å². The van der Waals surface area contributed by atoms with Gasteiger partial charge in [0, 0.05) is 36.9 Å². The monoisotopic (exact) mass is 365 g/mol. The highest BCUT2D eigenvalue weighted by atomic mass is 32.2. The van der Waals surface area contributed by atoms with E-state index in [9.17, 15) is 4.79 Å². The molecule has 3 aliphatic rings. The van der Waals surface area contributed by atoms with Gasteiger partial charge in [-0.05, 0) is 24.1 Å². The number of carbonyl (C=O) groups is 1. The van der Waals surface area contributed by atoms with Gasteiger partial charge in [-0.2, -0.15) is 11.8 Å². The van der Waals surface area contributed by atoms with Gasteiger partial charge in [0.15, 0.2) is 11.5 Å². The highest BCUT2D eigenvalue weighted by Crippen LogP contribution is 2.40. The van der Waals surface area contributed by atoms with E-state index in [1.165, 1.54) is 5.56 Å². The quantitative estimate of drug-likeness (QED) is 0.802. The van der Waals surface area contributed by atoms with Crippen molar-refractivity contribution >= 4 is 17.9 Å². The zero-order chi connectivity index (χ0) is 17.1. The topological polar surface area (TPSA) is 57.2 Å². The van der Waals surface area contributed by atoms with Gasteiger partial charge in [0.2, 0.25) is 6.79 Å². The van der Waals surface area contributed by atoms with Crippen molar-refractivity contribution in [2.75, 3.05) is 38.8 Å². The maximum atomic E-state index is 12.4. The smallest absolute Gasteiger partial charge is 0.410 e. The molecule has 0 N–H and O–H groups in total. The molecule has 0 radical (unpaired) electrons. The van der Waals surface area contributed by atoms with Crippen LogP contribution in [0.5, 0.6) is 11.5 Å². The summed E-state index contributed by atoms with van der Waals surface area (Å²) in [6.45, 7) is 3.10. The zero-order valence-corrected chi connectivity index (χ0v) is 15.0. The molecule has 6 nitrogen and oxygen atoms in total. The molecule has 1 aromatic rings. The second-order valence-electron chi connectivity index (χ2n) is 6.44. The van der Waals surface area contributed by atoms with Gasteiger partial charge in [0.1, 0.15) is 6.10 Å². The molecule has 1 unspecified atom stereocenters. The Morgan fingerprint density at radius 2 is 1.96 bits per heavy atom. The molecule has 1 atom stereocenters. The van der Waals surface area contributed by atoms with Crippen LogP contribution in [0.25, 0.3) is 0 Å². The Bertz CT molecular complexity index is 619. The molecule has 136 valence electrons. The molecule has 0 saturated carbocycles. The lowest BCUT2D eigenvalue weighted by Crippen LogP contribution is -2.37. The summed E-state index contributed by atoms with van der Waals surface area (Å²) in [7, 11) is 0. The lowest BCUT2D eigenvalue weighted by molar-refractivity contribution is -0.00962. The molecule has 0 spiro atoms. The Balaban J connectivity index is 1.34. The van der Waals surface area contributed by atoms with Crippen LogP contribution in [-0.4, -0.2) is 55.9 Å². The van der Waals surface area contributed by atoms with Gasteiger partial charge in [0.25, 0.3) is 0 Å². The van der Waals surface area contributed by atoms with Crippen molar-refractivity contribution in [2.45, 2.75) is 30.6 Å². The van der Waals surface area contributed by atoms with E-state index in [-0.39, 0.29) is 12.2 Å². The number of carbonyl (C=O) groups excluding carboxylic acids is 1. The summed E-state index contributed by atoms with van der Waals surface area (Å²) in [6, 6.07) is 6.14. The van der Waals surface area contributed by atoms with Gasteiger partial charge in [0.05, 0.1) is 13.2 Å². The van der Waals surface area contributed by atoms with Crippen molar-refractivity contribution in [1.29, 1.82) is 0 Å². The van der Waals surface area contributed by atoms with Crippen molar-refractivity contribution in [3.8, 4) is 11.5 Å². The first kappa shape index (κ1) is 16.8. The van der Waals surface area contributed by atoms with Gasteiger partial charge in [-0.3, -0.25) is 0 Å². The molecule has 3 aliphatic heterocycles. The minimum absolute atomic E-state index is 0.00168. The number of nitrogens with zero attached hydrogens (tertiary/aromatic N) is 1. The second kappa shape index (κ2) is 7.74. The van der Waals surface area contributed by atoms with Crippen LogP contribution >= 0.6 is 11.8 Å². The largest absolute Gasteiger partial charge is 0.454 e. The highest BCUT2D eigenvalue weighted by molar-refractivity contribution is 7.99. The third-order valence-electron chi connectivity index (χ3n) is 4.80. The van der Waals surface area contributed by atoms with Gasteiger partial charge in [-0.1, -0.05) is 6.07 Å². The Hall–Kier alpha value is -1.60. The SMILES string of the molecule is O=C(OC1CCOCC1)N1CCSC(c2ccc3c(c2)OCO3)CC1. The average Bonchev–Trinajstić information content (AvgIpc) is 2.97. The van der Waals surface area contributed by atoms with Crippen molar-refractivity contribution in [3.05, 3.63) is 23.8 Å². The minimum atomic E-state index is -0.182. The van der Waals surface area contributed by atoms with Crippen molar-refractivity contribution in [2.24, 2.45) is 0 Å². The summed E-state index contributed by atoms with van der Waals surface area (Å²) in [5.74, 6) is 2.53. The summed E-state index contributed by atoms with van der Waals surface area (Å²) in [6.07, 6.45) is 2.33. The number of amides is 1. The third kappa shape index (κ3) is 3.98. The van der Waals surface area contributed by atoms with Crippen LogP contribution in [-0.2, 0) is 9.47 Å². The Kier molecular flexibility index (Phi) is 5.22.